The van der Waals surface area contributed by atoms with Crippen molar-refractivity contribution in [3.8, 4) is 5.75 Å². The molecule has 1 fully saturated rings. The number of rotatable bonds is 8. The number of non-ortho nitro benzene ring substituents is 1. The summed E-state index contributed by atoms with van der Waals surface area (Å²) in [4.78, 5) is 42.5. The fraction of sp³-hybridized carbons (Fsp3) is 0.222. The van der Waals surface area contributed by atoms with E-state index in [0.29, 0.717) is 35.0 Å². The quantitative estimate of drug-likeness (QED) is 0.161. The molecule has 0 aliphatic carbocycles. The summed E-state index contributed by atoms with van der Waals surface area (Å²) >= 11 is 0. The van der Waals surface area contributed by atoms with Crippen LogP contribution in [0.4, 0.5) is 5.69 Å². The molecule has 1 aromatic heterocycles. The van der Waals surface area contributed by atoms with Crippen LogP contribution >= 0.6 is 0 Å². The Morgan fingerprint density at radius 2 is 1.89 bits per heavy atom. The first-order valence-corrected chi connectivity index (χ1v) is 11.4. The number of aliphatic hydroxyl groups excluding tert-OH is 1. The molecule has 1 amide bonds. The number of nitro benzene ring substituents is 1. The molecule has 1 atom stereocenters. The fourth-order valence-electron chi connectivity index (χ4n) is 4.01. The lowest BCUT2D eigenvalue weighted by atomic mass is 9.95. The third kappa shape index (κ3) is 5.10. The lowest BCUT2D eigenvalue weighted by Gasteiger charge is -2.25. The summed E-state index contributed by atoms with van der Waals surface area (Å²) in [6.45, 7) is 4.61. The number of pyridine rings is 1. The fourth-order valence-corrected chi connectivity index (χ4v) is 4.01. The van der Waals surface area contributed by atoms with Gasteiger partial charge >= 0.3 is 0 Å². The molecule has 1 aliphatic rings. The van der Waals surface area contributed by atoms with Crippen molar-refractivity contribution in [2.45, 2.75) is 26.4 Å². The molecule has 2 heterocycles. The van der Waals surface area contributed by atoms with Gasteiger partial charge in [-0.1, -0.05) is 32.0 Å². The van der Waals surface area contributed by atoms with Gasteiger partial charge in [0.05, 0.1) is 23.1 Å². The first-order valence-electron chi connectivity index (χ1n) is 11.4. The van der Waals surface area contributed by atoms with Crippen LogP contribution in [-0.4, -0.2) is 38.2 Å². The number of hydrogen-bond acceptors (Lipinski definition) is 7. The molecule has 3 aromatic rings. The Balaban J connectivity index is 1.79. The molecule has 1 unspecified atom stereocenters. The predicted molar refractivity (Wildman–Crippen MR) is 132 cm³/mol. The topological polar surface area (TPSA) is 123 Å². The zero-order valence-electron chi connectivity index (χ0n) is 19.8. The second-order valence-corrected chi connectivity index (χ2v) is 8.87. The minimum atomic E-state index is -1.03. The highest BCUT2D eigenvalue weighted by Gasteiger charge is 2.46. The maximum atomic E-state index is 13.2. The van der Waals surface area contributed by atoms with Gasteiger partial charge in [-0.25, -0.2) is 0 Å². The molecule has 1 aliphatic heterocycles. The molecular weight excluding hydrogens is 462 g/mol. The van der Waals surface area contributed by atoms with Crippen LogP contribution in [0.25, 0.3) is 5.76 Å². The number of ether oxygens (including phenoxy) is 1. The molecule has 2 aromatic carbocycles. The number of nitrogens with zero attached hydrogens (tertiary/aromatic N) is 3. The lowest BCUT2D eigenvalue weighted by molar-refractivity contribution is -0.384. The monoisotopic (exact) mass is 487 g/mol. The third-order valence-corrected chi connectivity index (χ3v) is 5.72. The summed E-state index contributed by atoms with van der Waals surface area (Å²) in [5.74, 6) is -1.10. The number of likely N-dealkylation sites (tertiary alicyclic amines) is 1. The highest BCUT2D eigenvalue weighted by Crippen LogP contribution is 2.41. The number of benzene rings is 2. The number of aliphatic hydroxyl groups is 1. The van der Waals surface area contributed by atoms with E-state index in [1.807, 2.05) is 13.8 Å². The van der Waals surface area contributed by atoms with Crippen molar-refractivity contribution in [2.24, 2.45) is 5.92 Å². The molecule has 36 heavy (non-hydrogen) atoms. The maximum Gasteiger partial charge on any atom is 0.295 e. The van der Waals surface area contributed by atoms with E-state index in [1.165, 1.54) is 23.1 Å². The number of carbonyl (C=O) groups is 2. The van der Waals surface area contributed by atoms with Gasteiger partial charge < -0.3 is 14.7 Å². The zero-order valence-corrected chi connectivity index (χ0v) is 19.8. The van der Waals surface area contributed by atoms with Crippen LogP contribution in [0.2, 0.25) is 0 Å². The Kier molecular flexibility index (Phi) is 7.10. The molecule has 0 bridgehead atoms. The van der Waals surface area contributed by atoms with Gasteiger partial charge in [0.1, 0.15) is 11.5 Å². The molecule has 9 nitrogen and oxygen atoms in total. The molecule has 0 radical (unpaired) electrons. The van der Waals surface area contributed by atoms with Gasteiger partial charge in [-0.05, 0) is 47.4 Å². The van der Waals surface area contributed by atoms with Gasteiger partial charge in [-0.3, -0.25) is 24.7 Å². The van der Waals surface area contributed by atoms with Crippen molar-refractivity contribution in [2.75, 3.05) is 6.61 Å². The summed E-state index contributed by atoms with van der Waals surface area (Å²) in [5, 5.41) is 22.6. The van der Waals surface area contributed by atoms with Crippen LogP contribution in [-0.2, 0) is 16.1 Å². The Hall–Kier alpha value is -4.53. The van der Waals surface area contributed by atoms with Gasteiger partial charge in [-0.2, -0.15) is 0 Å². The van der Waals surface area contributed by atoms with Crippen molar-refractivity contribution in [3.05, 3.63) is 105 Å². The van der Waals surface area contributed by atoms with Crippen LogP contribution < -0.4 is 4.74 Å². The Bertz CT molecular complexity index is 1320. The van der Waals surface area contributed by atoms with Gasteiger partial charge in [0, 0.05) is 36.6 Å². The summed E-state index contributed by atoms with van der Waals surface area (Å²) in [6.07, 6.45) is 3.16. The standard InChI is InChI=1S/C27H25N3O6/c1-17(2)16-36-22-10-8-19(9-11-22)25(31)23-24(20-6-3-7-21(13-20)30(34)35)29(27(33)26(23)32)15-18-5-4-12-28-14-18/h3-14,17,24,31H,15-16H2,1-2H3/b25-23-. The second-order valence-electron chi connectivity index (χ2n) is 8.87. The average Bonchev–Trinajstić information content (AvgIpc) is 3.13. The number of nitro groups is 1. The molecule has 184 valence electrons. The smallest absolute Gasteiger partial charge is 0.295 e. The molecule has 0 saturated carbocycles. The van der Waals surface area contributed by atoms with E-state index >= 15 is 0 Å². The van der Waals surface area contributed by atoms with E-state index < -0.39 is 22.7 Å². The largest absolute Gasteiger partial charge is 0.507 e. The van der Waals surface area contributed by atoms with E-state index in [-0.39, 0.29) is 23.6 Å². The van der Waals surface area contributed by atoms with Crippen molar-refractivity contribution >= 4 is 23.1 Å². The van der Waals surface area contributed by atoms with Crippen molar-refractivity contribution in [3.63, 3.8) is 0 Å². The minimum absolute atomic E-state index is 0.0323. The normalized spacial score (nSPS) is 17.0. The molecule has 0 spiro atoms. The van der Waals surface area contributed by atoms with Crippen LogP contribution in [0, 0.1) is 16.0 Å². The minimum Gasteiger partial charge on any atom is -0.507 e. The Morgan fingerprint density at radius 3 is 2.53 bits per heavy atom. The highest BCUT2D eigenvalue weighted by molar-refractivity contribution is 6.46. The van der Waals surface area contributed by atoms with Gasteiger partial charge in [-0.15, -0.1) is 0 Å². The van der Waals surface area contributed by atoms with Crippen LogP contribution in [0.1, 0.15) is 36.6 Å². The van der Waals surface area contributed by atoms with Crippen molar-refractivity contribution in [1.82, 2.24) is 9.88 Å². The van der Waals surface area contributed by atoms with Gasteiger partial charge in [0.15, 0.2) is 0 Å². The van der Waals surface area contributed by atoms with E-state index in [1.54, 1.807) is 54.9 Å². The number of aromatic nitrogens is 1. The van der Waals surface area contributed by atoms with E-state index in [4.69, 9.17) is 4.74 Å². The summed E-state index contributed by atoms with van der Waals surface area (Å²) < 4.78 is 5.68. The summed E-state index contributed by atoms with van der Waals surface area (Å²) in [7, 11) is 0. The maximum absolute atomic E-state index is 13.2. The lowest BCUT2D eigenvalue weighted by Crippen LogP contribution is -2.29. The highest BCUT2D eigenvalue weighted by atomic mass is 16.6. The average molecular weight is 488 g/mol. The number of amides is 1. The summed E-state index contributed by atoms with van der Waals surface area (Å²) in [6, 6.07) is 14.7. The van der Waals surface area contributed by atoms with Crippen molar-refractivity contribution in [1.29, 1.82) is 0 Å². The number of Topliss-reactive ketones (excluding diaryl/α,β-unsaturated/α-hetero) is 1. The van der Waals surface area contributed by atoms with Crippen LogP contribution in [0.3, 0.4) is 0 Å². The van der Waals surface area contributed by atoms with E-state index in [2.05, 4.69) is 4.98 Å². The van der Waals surface area contributed by atoms with Gasteiger partial charge in [0.25, 0.3) is 17.4 Å². The number of ketones is 1. The Labute approximate surface area is 207 Å². The zero-order chi connectivity index (χ0) is 25.8. The first-order chi connectivity index (χ1) is 17.3. The molecule has 1 saturated heterocycles. The molecule has 9 heteroatoms. The molecule has 1 N–H and O–H groups in total. The summed E-state index contributed by atoms with van der Waals surface area (Å²) in [5.41, 5.74) is 1.00. The van der Waals surface area contributed by atoms with Crippen LogP contribution in [0.15, 0.2) is 78.6 Å². The van der Waals surface area contributed by atoms with Crippen molar-refractivity contribution < 1.29 is 24.4 Å². The van der Waals surface area contributed by atoms with Crippen LogP contribution in [0.5, 0.6) is 5.75 Å². The molecule has 4 rings (SSSR count). The number of carbonyl (C=O) groups excluding carboxylic acids is 2. The molecular formula is C27H25N3O6. The van der Waals surface area contributed by atoms with Gasteiger partial charge in [0.2, 0.25) is 0 Å². The third-order valence-electron chi connectivity index (χ3n) is 5.72. The Morgan fingerprint density at radius 1 is 1.14 bits per heavy atom. The predicted octanol–water partition coefficient (Wildman–Crippen LogP) is 4.65. The van der Waals surface area contributed by atoms with E-state index in [0.717, 1.165) is 0 Å². The number of hydrogen-bond donors (Lipinski definition) is 1. The second kappa shape index (κ2) is 10.4. The SMILES string of the molecule is CC(C)COc1ccc(/C(O)=C2/C(=O)C(=O)N(Cc3cccnc3)C2c2cccc([N+](=O)[O-])c2)cc1. The van der Waals surface area contributed by atoms with E-state index in [9.17, 15) is 24.8 Å². The first kappa shape index (κ1) is 24.6.